The molecule has 0 radical (unpaired) electrons. The molecule has 0 saturated carbocycles. The normalized spacial score (nSPS) is 11.3. The molecule has 4 aromatic rings. The Morgan fingerprint density at radius 3 is 2.88 bits per heavy atom. The summed E-state index contributed by atoms with van der Waals surface area (Å²) < 4.78 is 21.6. The third kappa shape index (κ3) is 2.07. The fourth-order valence-electron chi connectivity index (χ4n) is 2.71. The second-order valence-corrected chi connectivity index (χ2v) is 5.61. The zero-order valence-electron chi connectivity index (χ0n) is 13.4. The van der Waals surface area contributed by atoms with Gasteiger partial charge in [-0.15, -0.1) is 0 Å². The summed E-state index contributed by atoms with van der Waals surface area (Å²) in [6.45, 7) is 0. The van der Waals surface area contributed by atoms with Gasteiger partial charge in [0.05, 0.1) is 24.2 Å². The third-order valence-electron chi connectivity index (χ3n) is 3.89. The average Bonchev–Trinajstić information content (AvgIpc) is 3.16. The zero-order chi connectivity index (χ0) is 16.8. The van der Waals surface area contributed by atoms with E-state index in [0.717, 1.165) is 0 Å². The number of ether oxygens (including phenoxy) is 1. The molecule has 0 fully saturated rings. The Hall–Kier alpha value is -3.16. The van der Waals surface area contributed by atoms with Crippen molar-refractivity contribution in [1.82, 2.24) is 24.8 Å². The second-order valence-electron chi connectivity index (χ2n) is 5.61. The predicted molar refractivity (Wildman–Crippen MR) is 88.9 cm³/mol. The van der Waals surface area contributed by atoms with E-state index in [4.69, 9.17) is 4.74 Å². The fourth-order valence-corrected chi connectivity index (χ4v) is 2.71. The molecule has 1 N–H and O–H groups in total. The predicted octanol–water partition coefficient (Wildman–Crippen LogP) is 2.49. The van der Waals surface area contributed by atoms with Crippen LogP contribution in [0.5, 0.6) is 5.75 Å². The van der Waals surface area contributed by atoms with E-state index in [0.29, 0.717) is 33.7 Å². The fraction of sp³-hybridized carbons (Fsp3) is 0.188. The van der Waals surface area contributed by atoms with Crippen molar-refractivity contribution in [1.29, 1.82) is 0 Å². The summed E-state index contributed by atoms with van der Waals surface area (Å²) in [7, 11) is 5.28. The van der Waals surface area contributed by atoms with E-state index >= 15 is 0 Å². The lowest BCUT2D eigenvalue weighted by molar-refractivity contribution is 0.414. The summed E-state index contributed by atoms with van der Waals surface area (Å²) in [5.41, 5.74) is 2.05. The molecule has 24 heavy (non-hydrogen) atoms. The number of aromatic nitrogens is 5. The van der Waals surface area contributed by atoms with Crippen molar-refractivity contribution in [2.75, 3.05) is 26.1 Å². The van der Waals surface area contributed by atoms with Crippen molar-refractivity contribution in [2.24, 2.45) is 0 Å². The Morgan fingerprint density at radius 1 is 1.29 bits per heavy atom. The van der Waals surface area contributed by atoms with Crippen LogP contribution in [0.1, 0.15) is 0 Å². The highest BCUT2D eigenvalue weighted by Crippen LogP contribution is 2.31. The van der Waals surface area contributed by atoms with Crippen molar-refractivity contribution in [3.8, 4) is 17.0 Å². The first-order valence-corrected chi connectivity index (χ1v) is 7.32. The largest absolute Gasteiger partial charge is 0.497 e. The number of rotatable bonds is 3. The van der Waals surface area contributed by atoms with Gasteiger partial charge in [-0.2, -0.15) is 10.2 Å². The maximum absolute atomic E-state index is 14.7. The van der Waals surface area contributed by atoms with Gasteiger partial charge in [0, 0.05) is 31.9 Å². The Bertz CT molecular complexity index is 1050. The van der Waals surface area contributed by atoms with E-state index in [1.54, 1.807) is 41.1 Å². The van der Waals surface area contributed by atoms with E-state index in [1.807, 2.05) is 14.1 Å². The van der Waals surface area contributed by atoms with Crippen LogP contribution in [0.3, 0.4) is 0 Å². The number of methoxy groups -OCH3 is 1. The first kappa shape index (κ1) is 14.4. The first-order valence-electron chi connectivity index (χ1n) is 7.32. The molecule has 4 aromatic heterocycles. The molecular formula is C16H15FN6O. The Kier molecular flexibility index (Phi) is 3.12. The standard InChI is InChI=1S/C16H15FN6O/c1-22(2)16-10-7-12(17)14(19-15(10)20-21-16)11-8-18-23-5-4-9(24-3)6-13(11)23/h4-8H,1-3H3,(H,19,20,21). The molecule has 0 spiro atoms. The van der Waals surface area contributed by atoms with Gasteiger partial charge >= 0.3 is 0 Å². The Morgan fingerprint density at radius 2 is 2.12 bits per heavy atom. The van der Waals surface area contributed by atoms with E-state index in [1.165, 1.54) is 6.07 Å². The summed E-state index contributed by atoms with van der Waals surface area (Å²) in [6, 6.07) is 5.03. The lowest BCUT2D eigenvalue weighted by Gasteiger charge is -2.08. The quantitative estimate of drug-likeness (QED) is 0.626. The van der Waals surface area contributed by atoms with Crippen LogP contribution < -0.4 is 9.64 Å². The van der Waals surface area contributed by atoms with Crippen LogP contribution >= 0.6 is 0 Å². The van der Waals surface area contributed by atoms with E-state index < -0.39 is 5.82 Å². The van der Waals surface area contributed by atoms with Crippen LogP contribution in [-0.4, -0.2) is 46.0 Å². The number of hydrogen-bond donors (Lipinski definition) is 1. The van der Waals surface area contributed by atoms with E-state index in [-0.39, 0.29) is 5.69 Å². The molecule has 4 heterocycles. The molecule has 7 nitrogen and oxygen atoms in total. The smallest absolute Gasteiger partial charge is 0.159 e. The minimum absolute atomic E-state index is 0.222. The van der Waals surface area contributed by atoms with Crippen LogP contribution in [0, 0.1) is 5.82 Å². The van der Waals surface area contributed by atoms with Gasteiger partial charge in [-0.3, -0.25) is 5.10 Å². The van der Waals surface area contributed by atoms with E-state index in [2.05, 4.69) is 20.3 Å². The number of nitrogens with zero attached hydrogens (tertiary/aromatic N) is 5. The number of anilines is 1. The number of halogens is 1. The van der Waals surface area contributed by atoms with Crippen molar-refractivity contribution < 1.29 is 9.13 Å². The molecule has 0 aliphatic rings. The monoisotopic (exact) mass is 326 g/mol. The summed E-state index contributed by atoms with van der Waals surface area (Å²) in [4.78, 5) is 6.22. The van der Waals surface area contributed by atoms with Crippen LogP contribution in [0.4, 0.5) is 10.2 Å². The topological polar surface area (TPSA) is 71.3 Å². The molecule has 0 bridgehead atoms. The van der Waals surface area contributed by atoms with Gasteiger partial charge in [0.15, 0.2) is 17.3 Å². The van der Waals surface area contributed by atoms with Gasteiger partial charge < -0.3 is 9.64 Å². The Balaban J connectivity index is 1.95. The van der Waals surface area contributed by atoms with E-state index in [9.17, 15) is 4.39 Å². The van der Waals surface area contributed by atoms with Crippen molar-refractivity contribution in [3.05, 3.63) is 36.4 Å². The molecule has 0 amide bonds. The minimum atomic E-state index is -0.426. The summed E-state index contributed by atoms with van der Waals surface area (Å²) in [5, 5.41) is 11.9. The van der Waals surface area contributed by atoms with Gasteiger partial charge in [0.2, 0.25) is 0 Å². The SMILES string of the molecule is COc1ccn2ncc(-c3nc4[nH]nc(N(C)C)c4cc3F)c2c1. The molecule has 8 heteroatoms. The van der Waals surface area contributed by atoms with Gasteiger partial charge in [0.25, 0.3) is 0 Å². The molecule has 0 saturated heterocycles. The number of aromatic amines is 1. The molecule has 122 valence electrons. The number of nitrogens with one attached hydrogen (secondary N) is 1. The highest BCUT2D eigenvalue weighted by Gasteiger charge is 2.18. The van der Waals surface area contributed by atoms with Gasteiger partial charge in [-0.05, 0) is 12.1 Å². The zero-order valence-corrected chi connectivity index (χ0v) is 13.4. The molecule has 0 aliphatic carbocycles. The highest BCUT2D eigenvalue weighted by molar-refractivity contribution is 5.90. The molecule has 0 atom stereocenters. The van der Waals surface area contributed by atoms with Crippen LogP contribution in [0.15, 0.2) is 30.6 Å². The first-order chi connectivity index (χ1) is 11.6. The molecule has 4 rings (SSSR count). The molecular weight excluding hydrogens is 311 g/mol. The number of H-pyrrole nitrogens is 1. The number of fused-ring (bicyclic) bond motifs is 2. The Labute approximate surface area is 136 Å². The molecule has 0 aliphatic heterocycles. The van der Waals surface area contributed by atoms with Crippen molar-refractivity contribution in [3.63, 3.8) is 0 Å². The third-order valence-corrected chi connectivity index (χ3v) is 3.89. The summed E-state index contributed by atoms with van der Waals surface area (Å²) in [5.74, 6) is 0.886. The lowest BCUT2D eigenvalue weighted by Crippen LogP contribution is -2.09. The van der Waals surface area contributed by atoms with Crippen molar-refractivity contribution >= 4 is 22.4 Å². The molecule has 0 aromatic carbocycles. The highest BCUT2D eigenvalue weighted by atomic mass is 19.1. The second kappa shape index (κ2) is 5.19. The molecule has 0 unspecified atom stereocenters. The average molecular weight is 326 g/mol. The number of pyridine rings is 2. The van der Waals surface area contributed by atoms with Gasteiger partial charge in [-0.25, -0.2) is 13.9 Å². The van der Waals surface area contributed by atoms with Crippen LogP contribution in [0.25, 0.3) is 27.8 Å². The van der Waals surface area contributed by atoms with Crippen LogP contribution in [-0.2, 0) is 0 Å². The lowest BCUT2D eigenvalue weighted by atomic mass is 10.1. The number of hydrogen-bond acceptors (Lipinski definition) is 5. The minimum Gasteiger partial charge on any atom is -0.497 e. The summed E-state index contributed by atoms with van der Waals surface area (Å²) >= 11 is 0. The van der Waals surface area contributed by atoms with Crippen LogP contribution in [0.2, 0.25) is 0 Å². The van der Waals surface area contributed by atoms with Crippen molar-refractivity contribution in [2.45, 2.75) is 0 Å². The van der Waals surface area contributed by atoms with Gasteiger partial charge in [0.1, 0.15) is 11.4 Å². The summed E-state index contributed by atoms with van der Waals surface area (Å²) in [6.07, 6.45) is 3.35. The maximum atomic E-state index is 14.7. The maximum Gasteiger partial charge on any atom is 0.159 e. The van der Waals surface area contributed by atoms with Gasteiger partial charge in [-0.1, -0.05) is 0 Å².